The Hall–Kier alpha value is -1.92. The summed E-state index contributed by atoms with van der Waals surface area (Å²) in [5, 5.41) is 3.08. The lowest BCUT2D eigenvalue weighted by molar-refractivity contribution is -0.132. The van der Waals surface area contributed by atoms with Crippen molar-refractivity contribution in [2.24, 2.45) is 0 Å². The van der Waals surface area contributed by atoms with Crippen LogP contribution in [-0.2, 0) is 4.79 Å². The topological polar surface area (TPSA) is 69.7 Å². The third kappa shape index (κ3) is 3.16. The number of nitrogens with zero attached hydrogens (tertiary/aromatic N) is 2. The second-order valence-corrected chi connectivity index (χ2v) is 6.19. The lowest BCUT2D eigenvalue weighted by Gasteiger charge is -2.26. The Balaban J connectivity index is 0.00000208. The Kier molecular flexibility index (Phi) is 5.62. The Bertz CT molecular complexity index is 677. The normalized spacial score (nSPS) is 19.5. The molecule has 3 rings (SSSR count). The average Bonchev–Trinajstić information content (AvgIpc) is 3.07. The molecule has 0 aliphatic carbocycles. The van der Waals surface area contributed by atoms with Gasteiger partial charge < -0.3 is 10.2 Å². The number of benzene rings is 1. The highest BCUT2D eigenvalue weighted by Gasteiger charge is 2.38. The first-order valence-corrected chi connectivity index (χ1v) is 7.94. The van der Waals surface area contributed by atoms with E-state index in [-0.39, 0.29) is 42.7 Å². The van der Waals surface area contributed by atoms with Gasteiger partial charge in [0.05, 0.1) is 11.1 Å². The van der Waals surface area contributed by atoms with Gasteiger partial charge in [-0.05, 0) is 38.9 Å². The fourth-order valence-corrected chi connectivity index (χ4v) is 3.39. The van der Waals surface area contributed by atoms with Crippen molar-refractivity contribution in [3.05, 3.63) is 34.9 Å². The molecule has 2 heterocycles. The monoisotopic (exact) mass is 351 g/mol. The minimum atomic E-state index is -0.372. The van der Waals surface area contributed by atoms with E-state index in [0.717, 1.165) is 29.8 Å². The van der Waals surface area contributed by atoms with E-state index in [1.54, 1.807) is 23.1 Å². The molecule has 1 aromatic rings. The van der Waals surface area contributed by atoms with Crippen molar-refractivity contribution in [3.8, 4) is 0 Å². The minimum Gasteiger partial charge on any atom is -0.337 e. The molecule has 0 saturated carbocycles. The molecule has 0 spiro atoms. The van der Waals surface area contributed by atoms with Crippen molar-refractivity contribution < 1.29 is 14.4 Å². The van der Waals surface area contributed by atoms with Crippen LogP contribution in [0.4, 0.5) is 0 Å². The molecule has 6 nitrogen and oxygen atoms in total. The zero-order valence-corrected chi connectivity index (χ0v) is 14.7. The minimum absolute atomic E-state index is 0. The maximum absolute atomic E-state index is 12.5. The van der Waals surface area contributed by atoms with Crippen LogP contribution in [0.15, 0.2) is 18.2 Å². The molecule has 1 aromatic carbocycles. The molecule has 1 unspecified atom stereocenters. The second-order valence-electron chi connectivity index (χ2n) is 6.19. The zero-order valence-electron chi connectivity index (χ0n) is 13.9. The SMILES string of the molecule is CNCC1CCCN1C(=O)CN1C(=O)c2ccc(C)cc2C1=O.Cl. The lowest BCUT2D eigenvalue weighted by Crippen LogP contribution is -2.46. The Morgan fingerprint density at radius 1 is 1.25 bits per heavy atom. The molecule has 2 aliphatic heterocycles. The molecule has 1 fully saturated rings. The molecule has 2 aliphatic rings. The van der Waals surface area contributed by atoms with Crippen LogP contribution in [0.2, 0.25) is 0 Å². The highest BCUT2D eigenvalue weighted by atomic mass is 35.5. The van der Waals surface area contributed by atoms with E-state index in [1.807, 2.05) is 14.0 Å². The van der Waals surface area contributed by atoms with E-state index in [1.165, 1.54) is 0 Å². The first-order valence-electron chi connectivity index (χ1n) is 7.94. The third-order valence-electron chi connectivity index (χ3n) is 4.56. The first kappa shape index (κ1) is 18.4. The van der Waals surface area contributed by atoms with Gasteiger partial charge in [0.15, 0.2) is 0 Å². The second kappa shape index (κ2) is 7.32. The smallest absolute Gasteiger partial charge is 0.262 e. The highest BCUT2D eigenvalue weighted by Crippen LogP contribution is 2.24. The number of fused-ring (bicyclic) bond motifs is 1. The van der Waals surface area contributed by atoms with E-state index in [0.29, 0.717) is 17.7 Å². The van der Waals surface area contributed by atoms with Crippen LogP contribution >= 0.6 is 12.4 Å². The summed E-state index contributed by atoms with van der Waals surface area (Å²) in [5.74, 6) is -0.900. The fourth-order valence-electron chi connectivity index (χ4n) is 3.39. The number of carbonyl (C=O) groups is 3. The van der Waals surface area contributed by atoms with Gasteiger partial charge in [-0.15, -0.1) is 12.4 Å². The van der Waals surface area contributed by atoms with Crippen LogP contribution in [0.25, 0.3) is 0 Å². The summed E-state index contributed by atoms with van der Waals surface area (Å²) >= 11 is 0. The van der Waals surface area contributed by atoms with Crippen molar-refractivity contribution >= 4 is 30.1 Å². The van der Waals surface area contributed by atoms with Crippen molar-refractivity contribution in [2.75, 3.05) is 26.7 Å². The maximum Gasteiger partial charge on any atom is 0.262 e. The zero-order chi connectivity index (χ0) is 16.6. The summed E-state index contributed by atoms with van der Waals surface area (Å²) in [5.41, 5.74) is 1.71. The van der Waals surface area contributed by atoms with E-state index in [4.69, 9.17) is 0 Å². The average molecular weight is 352 g/mol. The van der Waals surface area contributed by atoms with Crippen LogP contribution < -0.4 is 5.32 Å². The highest BCUT2D eigenvalue weighted by molar-refractivity contribution is 6.22. The number of amides is 3. The van der Waals surface area contributed by atoms with Crippen LogP contribution in [0.5, 0.6) is 0 Å². The largest absolute Gasteiger partial charge is 0.337 e. The predicted octanol–water partition coefficient (Wildman–Crippen LogP) is 1.22. The third-order valence-corrected chi connectivity index (χ3v) is 4.56. The van der Waals surface area contributed by atoms with Gasteiger partial charge in [0.25, 0.3) is 11.8 Å². The maximum atomic E-state index is 12.5. The summed E-state index contributed by atoms with van der Waals surface area (Å²) in [6.45, 7) is 3.12. The number of hydrogen-bond acceptors (Lipinski definition) is 4. The van der Waals surface area contributed by atoms with Crippen molar-refractivity contribution in [3.63, 3.8) is 0 Å². The molecule has 7 heteroatoms. The van der Waals surface area contributed by atoms with Crippen LogP contribution in [0.1, 0.15) is 39.1 Å². The number of hydrogen-bond donors (Lipinski definition) is 1. The van der Waals surface area contributed by atoms with Gasteiger partial charge in [-0.3, -0.25) is 19.3 Å². The summed E-state index contributed by atoms with van der Waals surface area (Å²) in [7, 11) is 1.85. The Morgan fingerprint density at radius 3 is 2.67 bits per heavy atom. The molecule has 1 saturated heterocycles. The predicted molar refractivity (Wildman–Crippen MR) is 92.5 cm³/mol. The Labute approximate surface area is 147 Å². The first-order chi connectivity index (χ1) is 11.0. The quantitative estimate of drug-likeness (QED) is 0.828. The van der Waals surface area contributed by atoms with Gasteiger partial charge in [0, 0.05) is 19.1 Å². The molecule has 0 bridgehead atoms. The van der Waals surface area contributed by atoms with Crippen molar-refractivity contribution in [1.82, 2.24) is 15.1 Å². The van der Waals surface area contributed by atoms with Gasteiger partial charge in [-0.2, -0.15) is 0 Å². The number of halogens is 1. The number of likely N-dealkylation sites (tertiary alicyclic amines) is 1. The number of nitrogens with one attached hydrogen (secondary N) is 1. The number of imide groups is 1. The summed E-state index contributed by atoms with van der Waals surface area (Å²) < 4.78 is 0. The van der Waals surface area contributed by atoms with Crippen molar-refractivity contribution in [1.29, 1.82) is 0 Å². The standard InChI is InChI=1S/C17H21N3O3.ClH/c1-11-5-6-13-14(8-11)17(23)20(16(13)22)10-15(21)19-7-3-4-12(19)9-18-2;/h5-6,8,12,18H,3-4,7,9-10H2,1-2H3;1H. The van der Waals surface area contributed by atoms with Crippen molar-refractivity contribution in [2.45, 2.75) is 25.8 Å². The Morgan fingerprint density at radius 2 is 1.96 bits per heavy atom. The van der Waals surface area contributed by atoms with Gasteiger partial charge in [-0.1, -0.05) is 11.6 Å². The molecule has 0 radical (unpaired) electrons. The summed E-state index contributed by atoms with van der Waals surface area (Å²) in [4.78, 5) is 40.2. The van der Waals surface area contributed by atoms with Gasteiger partial charge in [0.1, 0.15) is 6.54 Å². The molecule has 3 amide bonds. The van der Waals surface area contributed by atoms with E-state index in [9.17, 15) is 14.4 Å². The summed E-state index contributed by atoms with van der Waals surface area (Å²) in [6, 6.07) is 5.32. The van der Waals surface area contributed by atoms with Gasteiger partial charge in [0.2, 0.25) is 5.91 Å². The molecule has 0 aromatic heterocycles. The molecule has 24 heavy (non-hydrogen) atoms. The number of aryl methyl sites for hydroxylation is 1. The van der Waals surface area contributed by atoms with Crippen LogP contribution in [0.3, 0.4) is 0 Å². The molecule has 1 N–H and O–H groups in total. The fraction of sp³-hybridized carbons (Fsp3) is 0.471. The number of carbonyl (C=O) groups excluding carboxylic acids is 3. The molecule has 130 valence electrons. The van der Waals surface area contributed by atoms with E-state index in [2.05, 4.69) is 5.32 Å². The van der Waals surface area contributed by atoms with Crippen LogP contribution in [0, 0.1) is 6.92 Å². The lowest BCUT2D eigenvalue weighted by atomic mass is 10.1. The summed E-state index contributed by atoms with van der Waals surface area (Å²) in [6.07, 6.45) is 1.91. The molecular weight excluding hydrogens is 330 g/mol. The van der Waals surface area contributed by atoms with Gasteiger partial charge in [-0.25, -0.2) is 0 Å². The number of rotatable bonds is 4. The number of likely N-dealkylation sites (N-methyl/N-ethyl adjacent to an activating group) is 1. The van der Waals surface area contributed by atoms with E-state index >= 15 is 0 Å². The van der Waals surface area contributed by atoms with Crippen LogP contribution in [-0.4, -0.2) is 60.2 Å². The molecule has 1 atom stereocenters. The van der Waals surface area contributed by atoms with E-state index < -0.39 is 0 Å². The molecular formula is C17H22ClN3O3. The van der Waals surface area contributed by atoms with Gasteiger partial charge >= 0.3 is 0 Å².